The molecule has 8 heavy (non-hydrogen) atoms. The first-order valence-corrected chi connectivity index (χ1v) is 2.83. The van der Waals surface area contributed by atoms with Crippen LogP contribution in [-0.2, 0) is 0 Å². The van der Waals surface area contributed by atoms with Crippen molar-refractivity contribution in [3.63, 3.8) is 0 Å². The number of hydrogen-bond donors (Lipinski definition) is 2. The Bertz CT molecular complexity index is 76.4. The summed E-state index contributed by atoms with van der Waals surface area (Å²) in [5.74, 6) is 0. The molecule has 3 nitrogen and oxygen atoms in total. The summed E-state index contributed by atoms with van der Waals surface area (Å²) >= 11 is 4.93. The molecule has 0 heterocycles. The van der Waals surface area contributed by atoms with Crippen LogP contribution in [0.2, 0.25) is 0 Å². The highest BCUT2D eigenvalue weighted by Crippen LogP contribution is 1.70. The number of urea groups is 1. The van der Waals surface area contributed by atoms with Crippen molar-refractivity contribution in [2.24, 2.45) is 0 Å². The van der Waals surface area contributed by atoms with Crippen molar-refractivity contribution in [2.45, 2.75) is 13.3 Å². The van der Waals surface area contributed by atoms with Gasteiger partial charge in [-0.2, -0.15) is 0 Å². The fourth-order valence-corrected chi connectivity index (χ4v) is 0.339. The van der Waals surface area contributed by atoms with Gasteiger partial charge in [0, 0.05) is 18.3 Å². The van der Waals surface area contributed by atoms with E-state index in [4.69, 9.17) is 11.8 Å². The molecule has 2 amide bonds. The highest BCUT2D eigenvalue weighted by atomic mass is 35.5. The minimum atomic E-state index is -0.339. The van der Waals surface area contributed by atoms with E-state index < -0.39 is 0 Å². The van der Waals surface area contributed by atoms with Gasteiger partial charge < -0.3 is 5.32 Å². The Labute approximate surface area is 53.5 Å². The zero-order valence-corrected chi connectivity index (χ0v) is 5.46. The number of carbonyl (C=O) groups excluding carboxylic acids is 1. The number of rotatable bonds is 2. The zero-order valence-electron chi connectivity index (χ0n) is 4.70. The molecule has 48 valence electrons. The van der Waals surface area contributed by atoms with Crippen molar-refractivity contribution in [1.82, 2.24) is 10.2 Å². The predicted octanol–water partition coefficient (Wildman–Crippen LogP) is 0.849. The predicted molar refractivity (Wildman–Crippen MR) is 32.7 cm³/mol. The molecule has 0 unspecified atom stereocenters. The van der Waals surface area contributed by atoms with E-state index in [1.165, 1.54) is 0 Å². The van der Waals surface area contributed by atoms with Crippen molar-refractivity contribution < 1.29 is 4.79 Å². The molecule has 0 aliphatic rings. The van der Waals surface area contributed by atoms with Gasteiger partial charge in [0.1, 0.15) is 0 Å². The van der Waals surface area contributed by atoms with Gasteiger partial charge in [-0.3, -0.25) is 0 Å². The summed E-state index contributed by atoms with van der Waals surface area (Å²) in [7, 11) is 0. The molecule has 2 N–H and O–H groups in total. The SMILES string of the molecule is CCCNC(=O)NCl. The molecule has 4 heteroatoms. The molecule has 0 saturated heterocycles. The van der Waals surface area contributed by atoms with Gasteiger partial charge in [-0.15, -0.1) is 0 Å². The normalized spacial score (nSPS) is 8.25. The summed E-state index contributed by atoms with van der Waals surface area (Å²) in [5, 5.41) is 2.50. The van der Waals surface area contributed by atoms with Crippen molar-refractivity contribution in [3.8, 4) is 0 Å². The van der Waals surface area contributed by atoms with E-state index in [1.807, 2.05) is 11.8 Å². The molecule has 0 atom stereocenters. The van der Waals surface area contributed by atoms with Crippen molar-refractivity contribution in [3.05, 3.63) is 0 Å². The van der Waals surface area contributed by atoms with Crippen LogP contribution < -0.4 is 10.2 Å². The summed E-state index contributed by atoms with van der Waals surface area (Å²) in [6.07, 6.45) is 0.921. The lowest BCUT2D eigenvalue weighted by atomic mass is 10.5. The van der Waals surface area contributed by atoms with Gasteiger partial charge in [-0.25, -0.2) is 9.63 Å². The topological polar surface area (TPSA) is 41.1 Å². The summed E-state index contributed by atoms with van der Waals surface area (Å²) in [6, 6.07) is -0.339. The minimum absolute atomic E-state index is 0.339. The monoisotopic (exact) mass is 136 g/mol. The Balaban J connectivity index is 2.99. The Morgan fingerprint density at radius 3 is 2.75 bits per heavy atom. The van der Waals surface area contributed by atoms with Crippen LogP contribution in [0.1, 0.15) is 13.3 Å². The molecular weight excluding hydrogens is 128 g/mol. The summed E-state index contributed by atoms with van der Waals surface area (Å²) in [4.78, 5) is 12.1. The number of hydrogen-bond acceptors (Lipinski definition) is 1. The molecule has 0 saturated carbocycles. The second-order valence-corrected chi connectivity index (χ2v) is 1.54. The van der Waals surface area contributed by atoms with Gasteiger partial charge in [0.05, 0.1) is 0 Å². The maximum Gasteiger partial charge on any atom is 0.329 e. The van der Waals surface area contributed by atoms with Crippen LogP contribution in [0, 0.1) is 0 Å². The summed E-state index contributed by atoms with van der Waals surface area (Å²) < 4.78 is 0. The van der Waals surface area contributed by atoms with Crippen molar-refractivity contribution >= 4 is 17.8 Å². The molecule has 0 rings (SSSR count). The minimum Gasteiger partial charge on any atom is -0.337 e. The molecular formula is C4H9ClN2O. The number of nitrogens with one attached hydrogen (secondary N) is 2. The lowest BCUT2D eigenvalue weighted by molar-refractivity contribution is 0.246. The first kappa shape index (κ1) is 7.56. The quantitative estimate of drug-likeness (QED) is 0.543. The van der Waals surface area contributed by atoms with Crippen LogP contribution in [0.15, 0.2) is 0 Å². The third-order valence-electron chi connectivity index (χ3n) is 0.621. The average Bonchev–Trinajstić information content (AvgIpc) is 1.83. The molecule has 0 bridgehead atoms. The fourth-order valence-electron chi connectivity index (χ4n) is 0.272. The number of carbonyl (C=O) groups is 1. The van der Waals surface area contributed by atoms with E-state index in [2.05, 4.69) is 5.32 Å². The lowest BCUT2D eigenvalue weighted by Crippen LogP contribution is -2.30. The van der Waals surface area contributed by atoms with Crippen LogP contribution in [0.25, 0.3) is 0 Å². The highest BCUT2D eigenvalue weighted by molar-refractivity contribution is 6.21. The van der Waals surface area contributed by atoms with Crippen molar-refractivity contribution in [1.29, 1.82) is 0 Å². The molecule has 0 aliphatic heterocycles. The van der Waals surface area contributed by atoms with Gasteiger partial charge >= 0.3 is 6.03 Å². The van der Waals surface area contributed by atoms with Gasteiger partial charge in [0.25, 0.3) is 0 Å². The smallest absolute Gasteiger partial charge is 0.329 e. The van der Waals surface area contributed by atoms with Crippen LogP contribution in [0.5, 0.6) is 0 Å². The highest BCUT2D eigenvalue weighted by Gasteiger charge is 1.90. The van der Waals surface area contributed by atoms with E-state index in [9.17, 15) is 4.79 Å². The van der Waals surface area contributed by atoms with Crippen LogP contribution in [0.4, 0.5) is 4.79 Å². The number of halogens is 1. The Morgan fingerprint density at radius 2 is 2.38 bits per heavy atom. The van der Waals surface area contributed by atoms with E-state index in [1.54, 1.807) is 0 Å². The first-order valence-electron chi connectivity index (χ1n) is 2.45. The second-order valence-electron chi connectivity index (χ2n) is 1.35. The van der Waals surface area contributed by atoms with Crippen molar-refractivity contribution in [2.75, 3.05) is 6.54 Å². The average molecular weight is 137 g/mol. The molecule has 0 radical (unpaired) electrons. The third kappa shape index (κ3) is 3.74. The van der Waals surface area contributed by atoms with Gasteiger partial charge in [-0.1, -0.05) is 6.92 Å². The van der Waals surface area contributed by atoms with Crippen LogP contribution in [-0.4, -0.2) is 12.6 Å². The fraction of sp³-hybridized carbons (Fsp3) is 0.750. The Kier molecular flexibility index (Phi) is 4.45. The van der Waals surface area contributed by atoms with Gasteiger partial charge in [0.15, 0.2) is 0 Å². The van der Waals surface area contributed by atoms with Crippen LogP contribution >= 0.6 is 11.8 Å². The largest absolute Gasteiger partial charge is 0.337 e. The summed E-state index contributed by atoms with van der Waals surface area (Å²) in [5.41, 5.74) is 0. The van der Waals surface area contributed by atoms with E-state index >= 15 is 0 Å². The lowest BCUT2D eigenvalue weighted by Gasteiger charge is -1.97. The van der Waals surface area contributed by atoms with E-state index in [-0.39, 0.29) is 6.03 Å². The summed E-state index contributed by atoms with van der Waals surface area (Å²) in [6.45, 7) is 2.63. The number of amides is 2. The Hall–Kier alpha value is -0.440. The van der Waals surface area contributed by atoms with Gasteiger partial charge in [-0.05, 0) is 6.42 Å². The maximum atomic E-state index is 10.2. The molecule has 0 aromatic rings. The standard InChI is InChI=1S/C4H9ClN2O/c1-2-3-6-4(8)7-5/h2-3H2,1H3,(H2,6,7,8). The molecule has 0 aromatic carbocycles. The van der Waals surface area contributed by atoms with E-state index in [0.717, 1.165) is 6.42 Å². The molecule has 0 aromatic heterocycles. The molecule has 0 fully saturated rings. The third-order valence-corrected chi connectivity index (χ3v) is 0.793. The first-order chi connectivity index (χ1) is 3.81. The zero-order chi connectivity index (χ0) is 6.41. The van der Waals surface area contributed by atoms with Gasteiger partial charge in [0.2, 0.25) is 0 Å². The maximum absolute atomic E-state index is 10.2. The Morgan fingerprint density at radius 1 is 1.75 bits per heavy atom. The molecule has 0 aliphatic carbocycles. The molecule has 0 spiro atoms. The van der Waals surface area contributed by atoms with Crippen LogP contribution in [0.3, 0.4) is 0 Å². The van der Waals surface area contributed by atoms with E-state index in [0.29, 0.717) is 6.54 Å². The second kappa shape index (κ2) is 4.71.